The van der Waals surface area contributed by atoms with Gasteiger partial charge in [0.25, 0.3) is 0 Å². The minimum absolute atomic E-state index is 0.337. The zero-order valence-electron chi connectivity index (χ0n) is 12.2. The van der Waals surface area contributed by atoms with Gasteiger partial charge >= 0.3 is 0 Å². The zero-order valence-corrected chi connectivity index (χ0v) is 13.0. The Morgan fingerprint density at radius 2 is 2.00 bits per heavy atom. The van der Waals surface area contributed by atoms with Crippen LogP contribution >= 0.6 is 0 Å². The molecule has 0 fully saturated rings. The summed E-state index contributed by atoms with van der Waals surface area (Å²) in [4.78, 5) is 4.37. The number of pyridine rings is 1. The van der Waals surface area contributed by atoms with E-state index in [1.165, 1.54) is 4.31 Å². The highest BCUT2D eigenvalue weighted by Crippen LogP contribution is 2.24. The van der Waals surface area contributed by atoms with E-state index in [1.807, 2.05) is 6.07 Å². The standard InChI is InChI=1S/C15H21N3O2S/c1-18(11-4-2-3-9-16)21(19,20)15-7-5-6-13-12-17-10-8-14(13)15/h5-8,10,12H,2-4,9,11,16H2,1H3. The van der Waals surface area contributed by atoms with Crippen molar-refractivity contribution in [3.05, 3.63) is 36.7 Å². The van der Waals surface area contributed by atoms with Crippen LogP contribution in [0.3, 0.4) is 0 Å². The van der Waals surface area contributed by atoms with Crippen LogP contribution < -0.4 is 5.73 Å². The first-order chi connectivity index (χ1) is 10.1. The molecule has 6 heteroatoms. The first-order valence-corrected chi connectivity index (χ1v) is 8.50. The molecular weight excluding hydrogens is 286 g/mol. The fourth-order valence-electron chi connectivity index (χ4n) is 2.26. The molecule has 0 aliphatic carbocycles. The number of unbranched alkanes of at least 4 members (excludes halogenated alkanes) is 2. The van der Waals surface area contributed by atoms with Crippen molar-refractivity contribution >= 4 is 20.8 Å². The monoisotopic (exact) mass is 307 g/mol. The number of benzene rings is 1. The number of hydrogen-bond donors (Lipinski definition) is 1. The Morgan fingerprint density at radius 3 is 2.76 bits per heavy atom. The van der Waals surface area contributed by atoms with Crippen LogP contribution in [0.2, 0.25) is 0 Å². The van der Waals surface area contributed by atoms with Crippen LogP contribution in [-0.2, 0) is 10.0 Å². The van der Waals surface area contributed by atoms with E-state index >= 15 is 0 Å². The van der Waals surface area contributed by atoms with Crippen LogP contribution in [0.25, 0.3) is 10.8 Å². The summed E-state index contributed by atoms with van der Waals surface area (Å²) < 4.78 is 26.8. The summed E-state index contributed by atoms with van der Waals surface area (Å²) in [5.41, 5.74) is 5.45. The fourth-order valence-corrected chi connectivity index (χ4v) is 3.68. The number of sulfonamides is 1. The second kappa shape index (κ2) is 6.98. The average Bonchev–Trinajstić information content (AvgIpc) is 2.50. The van der Waals surface area contributed by atoms with Crippen LogP contribution in [0, 0.1) is 0 Å². The molecule has 5 nitrogen and oxygen atoms in total. The van der Waals surface area contributed by atoms with Crippen LogP contribution in [-0.4, -0.2) is 37.8 Å². The summed E-state index contributed by atoms with van der Waals surface area (Å²) >= 11 is 0. The van der Waals surface area contributed by atoms with Crippen molar-refractivity contribution in [2.24, 2.45) is 5.73 Å². The molecule has 1 aromatic carbocycles. The third-order valence-electron chi connectivity index (χ3n) is 3.51. The van der Waals surface area contributed by atoms with Gasteiger partial charge in [-0.05, 0) is 31.5 Å². The van der Waals surface area contributed by atoms with Gasteiger partial charge in [-0.1, -0.05) is 18.6 Å². The molecule has 0 atom stereocenters. The largest absolute Gasteiger partial charge is 0.330 e. The van der Waals surface area contributed by atoms with Gasteiger partial charge in [-0.3, -0.25) is 4.98 Å². The van der Waals surface area contributed by atoms with Gasteiger partial charge in [0.15, 0.2) is 0 Å². The fraction of sp³-hybridized carbons (Fsp3) is 0.400. The van der Waals surface area contributed by atoms with Crippen LogP contribution in [0.5, 0.6) is 0 Å². The van der Waals surface area contributed by atoms with Crippen molar-refractivity contribution in [2.75, 3.05) is 20.1 Å². The molecule has 0 aliphatic rings. The minimum Gasteiger partial charge on any atom is -0.330 e. The highest BCUT2D eigenvalue weighted by Gasteiger charge is 2.22. The number of nitrogens with zero attached hydrogens (tertiary/aromatic N) is 2. The molecule has 1 heterocycles. The van der Waals surface area contributed by atoms with E-state index in [2.05, 4.69) is 4.98 Å². The maximum Gasteiger partial charge on any atom is 0.243 e. The van der Waals surface area contributed by atoms with Gasteiger partial charge in [0.1, 0.15) is 0 Å². The molecule has 0 saturated heterocycles. The SMILES string of the molecule is CN(CCCCCN)S(=O)(=O)c1cccc2cnccc12. The normalized spacial score (nSPS) is 12.1. The molecule has 21 heavy (non-hydrogen) atoms. The molecule has 2 N–H and O–H groups in total. The first kappa shape index (κ1) is 15.9. The first-order valence-electron chi connectivity index (χ1n) is 7.06. The Morgan fingerprint density at radius 1 is 1.19 bits per heavy atom. The molecule has 2 rings (SSSR count). The van der Waals surface area contributed by atoms with E-state index in [0.29, 0.717) is 23.4 Å². The maximum absolute atomic E-state index is 12.7. The van der Waals surface area contributed by atoms with Gasteiger partial charge in [0, 0.05) is 36.8 Å². The molecule has 0 bridgehead atoms. The van der Waals surface area contributed by atoms with E-state index in [9.17, 15) is 8.42 Å². The summed E-state index contributed by atoms with van der Waals surface area (Å²) in [6.45, 7) is 1.15. The van der Waals surface area contributed by atoms with Crippen molar-refractivity contribution in [1.29, 1.82) is 0 Å². The Hall–Kier alpha value is -1.50. The lowest BCUT2D eigenvalue weighted by Crippen LogP contribution is -2.28. The highest BCUT2D eigenvalue weighted by atomic mass is 32.2. The van der Waals surface area contributed by atoms with E-state index in [-0.39, 0.29) is 0 Å². The van der Waals surface area contributed by atoms with Crippen molar-refractivity contribution in [3.63, 3.8) is 0 Å². The van der Waals surface area contributed by atoms with Crippen molar-refractivity contribution < 1.29 is 8.42 Å². The molecular formula is C15H21N3O2S. The topological polar surface area (TPSA) is 76.3 Å². The molecule has 0 aliphatic heterocycles. The Bertz CT molecular complexity index is 696. The van der Waals surface area contributed by atoms with E-state index in [0.717, 1.165) is 24.6 Å². The zero-order chi connectivity index (χ0) is 15.3. The quantitative estimate of drug-likeness (QED) is 0.794. The van der Waals surface area contributed by atoms with E-state index in [1.54, 1.807) is 37.6 Å². The number of fused-ring (bicyclic) bond motifs is 1. The lowest BCUT2D eigenvalue weighted by atomic mass is 10.2. The lowest BCUT2D eigenvalue weighted by molar-refractivity contribution is 0.453. The summed E-state index contributed by atoms with van der Waals surface area (Å²) in [7, 11) is -1.86. The lowest BCUT2D eigenvalue weighted by Gasteiger charge is -2.18. The Balaban J connectivity index is 2.25. The predicted octanol–water partition coefficient (Wildman–Crippen LogP) is 1.98. The number of aromatic nitrogens is 1. The molecule has 0 radical (unpaired) electrons. The van der Waals surface area contributed by atoms with Crippen LogP contribution in [0.4, 0.5) is 0 Å². The second-order valence-electron chi connectivity index (χ2n) is 5.03. The van der Waals surface area contributed by atoms with Gasteiger partial charge in [0.05, 0.1) is 4.90 Å². The third kappa shape index (κ3) is 3.58. The Labute approximate surface area is 125 Å². The smallest absolute Gasteiger partial charge is 0.243 e. The van der Waals surface area contributed by atoms with Crippen molar-refractivity contribution in [1.82, 2.24) is 9.29 Å². The molecule has 2 aromatic rings. The van der Waals surface area contributed by atoms with Crippen molar-refractivity contribution in [2.45, 2.75) is 24.2 Å². The van der Waals surface area contributed by atoms with Crippen molar-refractivity contribution in [3.8, 4) is 0 Å². The van der Waals surface area contributed by atoms with Gasteiger partial charge in [-0.2, -0.15) is 0 Å². The summed E-state index contributed by atoms with van der Waals surface area (Å²) in [5, 5.41) is 1.54. The summed E-state index contributed by atoms with van der Waals surface area (Å²) in [6, 6.07) is 7.00. The van der Waals surface area contributed by atoms with E-state index in [4.69, 9.17) is 5.73 Å². The summed E-state index contributed by atoms with van der Waals surface area (Å²) in [6.07, 6.45) is 5.97. The minimum atomic E-state index is -3.48. The molecule has 114 valence electrons. The third-order valence-corrected chi connectivity index (χ3v) is 5.42. The number of rotatable bonds is 7. The van der Waals surface area contributed by atoms with Gasteiger partial charge < -0.3 is 5.73 Å². The summed E-state index contributed by atoms with van der Waals surface area (Å²) in [5.74, 6) is 0. The molecule has 0 spiro atoms. The van der Waals surface area contributed by atoms with Crippen LogP contribution in [0.15, 0.2) is 41.6 Å². The van der Waals surface area contributed by atoms with Gasteiger partial charge in [-0.15, -0.1) is 0 Å². The predicted molar refractivity (Wildman–Crippen MR) is 84.5 cm³/mol. The number of hydrogen-bond acceptors (Lipinski definition) is 4. The Kier molecular flexibility index (Phi) is 5.27. The molecule has 0 unspecified atom stereocenters. The molecule has 1 aromatic heterocycles. The average molecular weight is 307 g/mol. The molecule has 0 saturated carbocycles. The maximum atomic E-state index is 12.7. The van der Waals surface area contributed by atoms with Gasteiger partial charge in [-0.25, -0.2) is 12.7 Å². The van der Waals surface area contributed by atoms with E-state index < -0.39 is 10.0 Å². The number of nitrogens with two attached hydrogens (primary N) is 1. The molecule has 0 amide bonds. The van der Waals surface area contributed by atoms with Gasteiger partial charge in [0.2, 0.25) is 10.0 Å². The van der Waals surface area contributed by atoms with Crippen LogP contribution in [0.1, 0.15) is 19.3 Å². The second-order valence-corrected chi connectivity index (χ2v) is 7.04. The highest BCUT2D eigenvalue weighted by molar-refractivity contribution is 7.89.